The molecule has 1 unspecified atom stereocenters. The summed E-state index contributed by atoms with van der Waals surface area (Å²) in [6.07, 6.45) is 1.63. The summed E-state index contributed by atoms with van der Waals surface area (Å²) in [7, 11) is -3.08. The summed E-state index contributed by atoms with van der Waals surface area (Å²) in [6, 6.07) is 9.28. The van der Waals surface area contributed by atoms with Gasteiger partial charge in [-0.15, -0.1) is 0 Å². The Labute approximate surface area is 160 Å². The smallest absolute Gasteiger partial charge is 0.375 e. The number of nitrogens with one attached hydrogen (secondary N) is 1. The third-order valence-corrected chi connectivity index (χ3v) is 6.91. The van der Waals surface area contributed by atoms with Gasteiger partial charge < -0.3 is 14.6 Å². The van der Waals surface area contributed by atoms with Gasteiger partial charge in [0.05, 0.1) is 6.61 Å². The minimum atomic E-state index is -3.08. The molecule has 1 amide bonds. The Hall–Kier alpha value is -1.69. The van der Waals surface area contributed by atoms with Crippen LogP contribution in [0.1, 0.15) is 32.3 Å². The van der Waals surface area contributed by atoms with Crippen LogP contribution in [0.5, 0.6) is 0 Å². The van der Waals surface area contributed by atoms with Crippen molar-refractivity contribution in [2.45, 2.75) is 39.2 Å². The van der Waals surface area contributed by atoms with E-state index in [4.69, 9.17) is 9.26 Å². The molecule has 27 heavy (non-hydrogen) atoms. The Kier molecular flexibility index (Phi) is 8.48. The molecular formula is C19H29N2O5P. The second-order valence-electron chi connectivity index (χ2n) is 6.52. The first kappa shape index (κ1) is 21.6. The molecule has 0 bridgehead atoms. The minimum Gasteiger partial charge on any atom is -0.375 e. The number of carbonyl (C=O) groups excluding carboxylic acids is 2. The molecule has 1 N–H and O–H groups in total. The molecule has 8 heteroatoms. The molecule has 150 valence electrons. The molecule has 7 nitrogen and oxygen atoms in total. The lowest BCUT2D eigenvalue weighted by atomic mass is 10.2. The highest BCUT2D eigenvalue weighted by Crippen LogP contribution is 2.47. The molecule has 0 saturated carbocycles. The standard InChI is InChI=1S/C19H29N2O5P/c1-3-21(19(23)26-18(22)17-11-8-13-20-17)15-27(24,25-4-2)14-12-16-9-6-5-7-10-16/h5-7,9-10,17,20H,3-4,8,11-15H2,1-2H3/t17-,27?/m0/s1. The Morgan fingerprint density at radius 2 is 2.00 bits per heavy atom. The van der Waals surface area contributed by atoms with Gasteiger partial charge in [0.25, 0.3) is 0 Å². The maximum atomic E-state index is 13.2. The van der Waals surface area contributed by atoms with Crippen LogP contribution in [-0.4, -0.2) is 55.1 Å². The minimum absolute atomic E-state index is 0.0611. The number of aryl methyl sites for hydroxylation is 1. The highest BCUT2D eigenvalue weighted by molar-refractivity contribution is 7.58. The summed E-state index contributed by atoms with van der Waals surface area (Å²) in [5.41, 5.74) is 1.06. The zero-order chi connectivity index (χ0) is 19.7. The molecule has 0 radical (unpaired) electrons. The summed E-state index contributed by atoms with van der Waals surface area (Å²) in [6.45, 7) is 4.85. The number of rotatable bonds is 9. The van der Waals surface area contributed by atoms with Gasteiger partial charge in [0.1, 0.15) is 12.3 Å². The average molecular weight is 396 g/mol. The van der Waals surface area contributed by atoms with Crippen LogP contribution in [0.15, 0.2) is 30.3 Å². The lowest BCUT2D eigenvalue weighted by molar-refractivity contribution is -0.140. The molecule has 0 aromatic heterocycles. The van der Waals surface area contributed by atoms with Crippen LogP contribution in [0.3, 0.4) is 0 Å². The Balaban J connectivity index is 1.96. The van der Waals surface area contributed by atoms with Crippen LogP contribution in [0, 0.1) is 0 Å². The van der Waals surface area contributed by atoms with Crippen LogP contribution in [0.25, 0.3) is 0 Å². The van der Waals surface area contributed by atoms with Gasteiger partial charge in [0.2, 0.25) is 7.37 Å². The van der Waals surface area contributed by atoms with E-state index in [-0.39, 0.29) is 12.8 Å². The fourth-order valence-corrected chi connectivity index (χ4v) is 5.27. The normalized spacial score (nSPS) is 18.7. The van der Waals surface area contributed by atoms with E-state index in [0.29, 0.717) is 25.6 Å². The predicted molar refractivity (Wildman–Crippen MR) is 104 cm³/mol. The van der Waals surface area contributed by atoms with Crippen molar-refractivity contribution in [3.63, 3.8) is 0 Å². The van der Waals surface area contributed by atoms with Crippen LogP contribution >= 0.6 is 7.37 Å². The zero-order valence-electron chi connectivity index (χ0n) is 16.1. The van der Waals surface area contributed by atoms with Crippen molar-refractivity contribution in [3.8, 4) is 0 Å². The number of benzene rings is 1. The van der Waals surface area contributed by atoms with E-state index in [1.807, 2.05) is 30.3 Å². The summed E-state index contributed by atoms with van der Waals surface area (Å²) >= 11 is 0. The molecule has 1 saturated heterocycles. The molecule has 2 rings (SSSR count). The lowest BCUT2D eigenvalue weighted by Crippen LogP contribution is -2.39. The maximum absolute atomic E-state index is 13.2. The Morgan fingerprint density at radius 1 is 1.26 bits per heavy atom. The van der Waals surface area contributed by atoms with Gasteiger partial charge in [-0.1, -0.05) is 30.3 Å². The van der Waals surface area contributed by atoms with E-state index < -0.39 is 25.5 Å². The van der Waals surface area contributed by atoms with Gasteiger partial charge in [0.15, 0.2) is 0 Å². The summed E-state index contributed by atoms with van der Waals surface area (Å²) in [4.78, 5) is 25.7. The molecular weight excluding hydrogens is 367 g/mol. The SMILES string of the molecule is CCOP(=O)(CCc1ccccc1)CN(CC)C(=O)OC(=O)[C@@H]1CCCN1. The van der Waals surface area contributed by atoms with E-state index in [9.17, 15) is 14.2 Å². The van der Waals surface area contributed by atoms with Gasteiger partial charge in [-0.05, 0) is 45.2 Å². The molecule has 2 atom stereocenters. The second-order valence-corrected chi connectivity index (χ2v) is 9.14. The summed E-state index contributed by atoms with van der Waals surface area (Å²) in [5.74, 6) is -0.577. The zero-order valence-corrected chi connectivity index (χ0v) is 17.0. The van der Waals surface area contributed by atoms with E-state index >= 15 is 0 Å². The van der Waals surface area contributed by atoms with Gasteiger partial charge >= 0.3 is 12.1 Å². The van der Waals surface area contributed by atoms with Crippen LogP contribution in [-0.2, 0) is 25.0 Å². The number of esters is 1. The second kappa shape index (κ2) is 10.6. The van der Waals surface area contributed by atoms with Crippen molar-refractivity contribution in [1.82, 2.24) is 10.2 Å². The van der Waals surface area contributed by atoms with Gasteiger partial charge in [-0.3, -0.25) is 9.46 Å². The largest absolute Gasteiger partial charge is 0.418 e. The first-order valence-electron chi connectivity index (χ1n) is 9.48. The lowest BCUT2D eigenvalue weighted by Gasteiger charge is -2.26. The van der Waals surface area contributed by atoms with Crippen molar-refractivity contribution < 1.29 is 23.4 Å². The summed E-state index contributed by atoms with van der Waals surface area (Å²) in [5, 5.41) is 3.00. The first-order valence-corrected chi connectivity index (χ1v) is 11.5. The van der Waals surface area contributed by atoms with Crippen LogP contribution < -0.4 is 5.32 Å². The number of hydrogen-bond donors (Lipinski definition) is 1. The number of carbonyl (C=O) groups is 2. The maximum Gasteiger partial charge on any atom is 0.418 e. The van der Waals surface area contributed by atoms with Crippen LogP contribution in [0.2, 0.25) is 0 Å². The van der Waals surface area contributed by atoms with Gasteiger partial charge in [0, 0.05) is 12.7 Å². The number of hydrogen-bond acceptors (Lipinski definition) is 6. The molecule has 1 aromatic carbocycles. The molecule has 1 aromatic rings. The fourth-order valence-electron chi connectivity index (χ4n) is 3.01. The topological polar surface area (TPSA) is 84.9 Å². The number of amides is 1. The third kappa shape index (κ3) is 6.76. The van der Waals surface area contributed by atoms with E-state index in [2.05, 4.69) is 5.32 Å². The van der Waals surface area contributed by atoms with E-state index in [0.717, 1.165) is 18.5 Å². The number of ether oxygens (including phenoxy) is 1. The highest BCUT2D eigenvalue weighted by atomic mass is 31.2. The van der Waals surface area contributed by atoms with Crippen molar-refractivity contribution in [3.05, 3.63) is 35.9 Å². The number of nitrogens with zero attached hydrogens (tertiary/aromatic N) is 1. The first-order chi connectivity index (χ1) is 13.0. The molecule has 1 heterocycles. The van der Waals surface area contributed by atoms with Crippen molar-refractivity contribution in [1.29, 1.82) is 0 Å². The van der Waals surface area contributed by atoms with Crippen molar-refractivity contribution >= 4 is 19.4 Å². The Morgan fingerprint density at radius 3 is 2.59 bits per heavy atom. The van der Waals surface area contributed by atoms with Gasteiger partial charge in [-0.2, -0.15) is 0 Å². The summed E-state index contributed by atoms with van der Waals surface area (Å²) < 4.78 is 23.8. The molecule has 1 fully saturated rings. The Bertz CT molecular complexity index is 661. The van der Waals surface area contributed by atoms with Crippen molar-refractivity contribution in [2.24, 2.45) is 0 Å². The highest BCUT2D eigenvalue weighted by Gasteiger charge is 2.32. The monoisotopic (exact) mass is 396 g/mol. The third-order valence-electron chi connectivity index (χ3n) is 4.51. The average Bonchev–Trinajstić information content (AvgIpc) is 3.20. The van der Waals surface area contributed by atoms with Gasteiger partial charge in [-0.25, -0.2) is 9.59 Å². The van der Waals surface area contributed by atoms with Crippen LogP contribution in [0.4, 0.5) is 4.79 Å². The van der Waals surface area contributed by atoms with E-state index in [1.54, 1.807) is 13.8 Å². The molecule has 1 aliphatic rings. The molecule has 1 aliphatic heterocycles. The fraction of sp³-hybridized carbons (Fsp3) is 0.579. The molecule has 0 aliphatic carbocycles. The quantitative estimate of drug-likeness (QED) is 0.392. The predicted octanol–water partition coefficient (Wildman–Crippen LogP) is 3.24. The van der Waals surface area contributed by atoms with E-state index in [1.165, 1.54) is 4.90 Å². The van der Waals surface area contributed by atoms with Crippen molar-refractivity contribution in [2.75, 3.05) is 32.1 Å². The molecule has 0 spiro atoms.